The number of benzene rings is 1. The summed E-state index contributed by atoms with van der Waals surface area (Å²) in [6, 6.07) is 5.46. The van der Waals surface area contributed by atoms with Crippen LogP contribution in [0, 0.1) is 11.3 Å². The summed E-state index contributed by atoms with van der Waals surface area (Å²) in [4.78, 5) is 23.2. The van der Waals surface area contributed by atoms with Gasteiger partial charge in [0, 0.05) is 13.0 Å². The van der Waals surface area contributed by atoms with Crippen LogP contribution in [0.2, 0.25) is 5.02 Å². The van der Waals surface area contributed by atoms with Gasteiger partial charge in [-0.3, -0.25) is 4.79 Å². The molecule has 2 fully saturated rings. The number of amides is 1. The molecule has 0 saturated heterocycles. The minimum Gasteiger partial charge on any atom is -0.351 e. The van der Waals surface area contributed by atoms with Gasteiger partial charge in [0.2, 0.25) is 0 Å². The van der Waals surface area contributed by atoms with Crippen molar-refractivity contribution in [1.82, 2.24) is 5.32 Å². The van der Waals surface area contributed by atoms with E-state index >= 15 is 0 Å². The second-order valence-electron chi connectivity index (χ2n) is 7.56. The number of fused-ring (bicyclic) bond motifs is 2. The smallest absolute Gasteiger partial charge is 0.252 e. The van der Waals surface area contributed by atoms with Gasteiger partial charge in [-0.15, -0.1) is 0 Å². The lowest BCUT2D eigenvalue weighted by atomic mass is 9.62. The number of hydrogen-bond acceptors (Lipinski definition) is 2. The minimum atomic E-state index is -0.0879. The standard InChI is InChI=1S/C20H26ClNO2/c21-18-8-7-15(6-3-11-23)12-17(18)19(24)22-14-20-9-1-4-16(13-20)5-2-10-20/h7-8,11-12,16H,1-6,9-10,13-14H2,(H,22,24). The number of carbonyl (C=O) groups excluding carboxylic acids is 2. The van der Waals surface area contributed by atoms with Crippen LogP contribution in [0.5, 0.6) is 0 Å². The van der Waals surface area contributed by atoms with E-state index in [2.05, 4.69) is 5.32 Å². The summed E-state index contributed by atoms with van der Waals surface area (Å²) in [5, 5.41) is 3.62. The van der Waals surface area contributed by atoms with E-state index < -0.39 is 0 Å². The van der Waals surface area contributed by atoms with Crippen LogP contribution in [-0.2, 0) is 11.2 Å². The van der Waals surface area contributed by atoms with E-state index in [-0.39, 0.29) is 5.91 Å². The maximum atomic E-state index is 12.6. The molecule has 0 heterocycles. The van der Waals surface area contributed by atoms with Gasteiger partial charge in [0.15, 0.2) is 0 Å². The Morgan fingerprint density at radius 2 is 2.04 bits per heavy atom. The first kappa shape index (κ1) is 17.5. The summed E-state index contributed by atoms with van der Waals surface area (Å²) in [7, 11) is 0. The van der Waals surface area contributed by atoms with Crippen LogP contribution in [0.15, 0.2) is 18.2 Å². The topological polar surface area (TPSA) is 46.2 Å². The van der Waals surface area contributed by atoms with E-state index in [1.54, 1.807) is 6.07 Å². The van der Waals surface area contributed by atoms with Crippen LogP contribution in [0.1, 0.15) is 67.3 Å². The zero-order valence-corrected chi connectivity index (χ0v) is 14.9. The van der Waals surface area contributed by atoms with Crippen LogP contribution in [-0.4, -0.2) is 18.7 Å². The molecule has 2 bridgehead atoms. The van der Waals surface area contributed by atoms with Crippen molar-refractivity contribution >= 4 is 23.8 Å². The van der Waals surface area contributed by atoms with Gasteiger partial charge in [0.05, 0.1) is 10.6 Å². The molecule has 0 radical (unpaired) electrons. The highest BCUT2D eigenvalue weighted by atomic mass is 35.5. The lowest BCUT2D eigenvalue weighted by molar-refractivity contribution is -0.107. The molecule has 4 heteroatoms. The molecule has 3 rings (SSSR count). The molecule has 3 nitrogen and oxygen atoms in total. The predicted molar refractivity (Wildman–Crippen MR) is 96.4 cm³/mol. The zero-order valence-electron chi connectivity index (χ0n) is 14.2. The Labute approximate surface area is 149 Å². The maximum Gasteiger partial charge on any atom is 0.252 e. The van der Waals surface area contributed by atoms with Gasteiger partial charge in [-0.25, -0.2) is 0 Å². The second-order valence-corrected chi connectivity index (χ2v) is 7.96. The first-order chi connectivity index (χ1) is 11.6. The Morgan fingerprint density at radius 1 is 1.29 bits per heavy atom. The van der Waals surface area contributed by atoms with Gasteiger partial charge in [-0.2, -0.15) is 0 Å². The van der Waals surface area contributed by atoms with Gasteiger partial charge in [0.25, 0.3) is 5.91 Å². The molecule has 0 aliphatic heterocycles. The molecule has 2 aliphatic rings. The van der Waals surface area contributed by atoms with Gasteiger partial charge < -0.3 is 10.1 Å². The van der Waals surface area contributed by atoms with Crippen molar-refractivity contribution in [3.05, 3.63) is 34.3 Å². The van der Waals surface area contributed by atoms with Crippen molar-refractivity contribution in [1.29, 1.82) is 0 Å². The molecule has 0 unspecified atom stereocenters. The molecule has 2 saturated carbocycles. The van der Waals surface area contributed by atoms with Crippen LogP contribution in [0.4, 0.5) is 0 Å². The van der Waals surface area contributed by atoms with Crippen molar-refractivity contribution in [2.24, 2.45) is 11.3 Å². The van der Waals surface area contributed by atoms with Gasteiger partial charge >= 0.3 is 0 Å². The average Bonchev–Trinajstić information content (AvgIpc) is 2.59. The van der Waals surface area contributed by atoms with E-state index in [1.165, 1.54) is 44.9 Å². The first-order valence-electron chi connectivity index (χ1n) is 9.12. The highest BCUT2D eigenvalue weighted by Gasteiger charge is 2.39. The number of nitrogens with one attached hydrogen (secondary N) is 1. The molecule has 24 heavy (non-hydrogen) atoms. The third kappa shape index (κ3) is 4.00. The SMILES string of the molecule is O=CCCc1ccc(Cl)c(C(=O)NCC23CCCC(CCC2)C3)c1. The fourth-order valence-electron chi connectivity index (χ4n) is 4.56. The molecule has 0 spiro atoms. The van der Waals surface area contributed by atoms with Crippen molar-refractivity contribution in [2.45, 2.75) is 57.8 Å². The monoisotopic (exact) mass is 347 g/mol. The quantitative estimate of drug-likeness (QED) is 0.766. The molecule has 0 atom stereocenters. The molecule has 1 N–H and O–H groups in total. The Bertz CT molecular complexity index is 604. The molecule has 1 aromatic carbocycles. The second kappa shape index (κ2) is 7.69. The number of rotatable bonds is 6. The van der Waals surface area contributed by atoms with Crippen molar-refractivity contribution in [3.63, 3.8) is 0 Å². The highest BCUT2D eigenvalue weighted by molar-refractivity contribution is 6.33. The van der Waals surface area contributed by atoms with Gasteiger partial charge in [0.1, 0.15) is 6.29 Å². The number of aldehydes is 1. The summed E-state index contributed by atoms with van der Waals surface area (Å²) in [5.74, 6) is 0.773. The molecule has 2 aliphatic carbocycles. The van der Waals surface area contributed by atoms with Gasteiger partial charge in [-0.05, 0) is 54.7 Å². The van der Waals surface area contributed by atoms with Crippen LogP contribution in [0.3, 0.4) is 0 Å². The Balaban J connectivity index is 1.65. The summed E-state index contributed by atoms with van der Waals surface area (Å²) >= 11 is 6.22. The van der Waals surface area contributed by atoms with Crippen LogP contribution < -0.4 is 5.32 Å². The number of halogens is 1. The number of aryl methyl sites for hydroxylation is 1. The largest absolute Gasteiger partial charge is 0.351 e. The summed E-state index contributed by atoms with van der Waals surface area (Å²) in [6.07, 6.45) is 11.1. The Morgan fingerprint density at radius 3 is 2.75 bits per heavy atom. The molecule has 1 aromatic rings. The summed E-state index contributed by atoms with van der Waals surface area (Å²) < 4.78 is 0. The molecule has 0 aromatic heterocycles. The molecular formula is C20H26ClNO2. The third-order valence-corrected chi connectivity index (χ3v) is 6.14. The lowest BCUT2D eigenvalue weighted by Gasteiger charge is -2.45. The van der Waals surface area contributed by atoms with Crippen molar-refractivity contribution < 1.29 is 9.59 Å². The third-order valence-electron chi connectivity index (χ3n) is 5.81. The molecule has 130 valence electrons. The van der Waals surface area contributed by atoms with Crippen LogP contribution in [0.25, 0.3) is 0 Å². The zero-order chi connectivity index (χ0) is 17.0. The average molecular weight is 348 g/mol. The Hall–Kier alpha value is -1.35. The van der Waals surface area contributed by atoms with E-state index in [0.29, 0.717) is 28.8 Å². The lowest BCUT2D eigenvalue weighted by Crippen LogP contribution is -2.43. The van der Waals surface area contributed by atoms with Crippen LogP contribution >= 0.6 is 11.6 Å². The van der Waals surface area contributed by atoms with E-state index in [0.717, 1.165) is 24.3 Å². The highest BCUT2D eigenvalue weighted by Crippen LogP contribution is 2.48. The van der Waals surface area contributed by atoms with E-state index in [1.807, 2.05) is 12.1 Å². The minimum absolute atomic E-state index is 0.0879. The fourth-order valence-corrected chi connectivity index (χ4v) is 4.76. The number of carbonyl (C=O) groups is 2. The molecule has 1 amide bonds. The van der Waals surface area contributed by atoms with Gasteiger partial charge in [-0.1, -0.05) is 43.4 Å². The maximum absolute atomic E-state index is 12.6. The van der Waals surface area contributed by atoms with E-state index in [9.17, 15) is 9.59 Å². The normalized spacial score (nSPS) is 26.0. The Kier molecular flexibility index (Phi) is 5.60. The van der Waals surface area contributed by atoms with Crippen molar-refractivity contribution in [2.75, 3.05) is 6.54 Å². The first-order valence-corrected chi connectivity index (χ1v) is 9.50. The number of hydrogen-bond donors (Lipinski definition) is 1. The summed E-state index contributed by atoms with van der Waals surface area (Å²) in [5.41, 5.74) is 1.81. The molecular weight excluding hydrogens is 322 g/mol. The van der Waals surface area contributed by atoms with Crippen molar-refractivity contribution in [3.8, 4) is 0 Å². The predicted octanol–water partition coefficient (Wildman–Crippen LogP) is 4.56. The summed E-state index contributed by atoms with van der Waals surface area (Å²) in [6.45, 7) is 0.761. The fraction of sp³-hybridized carbons (Fsp3) is 0.600. The van der Waals surface area contributed by atoms with E-state index in [4.69, 9.17) is 11.6 Å².